The van der Waals surface area contributed by atoms with E-state index in [0.717, 1.165) is 0 Å². The van der Waals surface area contributed by atoms with E-state index in [0.29, 0.717) is 0 Å². The Morgan fingerprint density at radius 2 is 2.00 bits per heavy atom. The van der Waals surface area contributed by atoms with Crippen LogP contribution < -0.4 is 0 Å². The molecule has 2 N–H and O–H groups in total. The van der Waals surface area contributed by atoms with Crippen LogP contribution in [0.4, 0.5) is 0 Å². The molecule has 66 valence electrons. The Kier molecular flexibility index (Phi) is 4.46. The van der Waals surface area contributed by atoms with E-state index in [1.54, 1.807) is 6.07 Å². The third kappa shape index (κ3) is 4.28. The van der Waals surface area contributed by atoms with Gasteiger partial charge in [-0.2, -0.15) is 5.26 Å². The van der Waals surface area contributed by atoms with Crippen molar-refractivity contribution < 1.29 is 19.8 Å². The minimum absolute atomic E-state index is 0.0737. The zero-order valence-electron chi connectivity index (χ0n) is 6.36. The zero-order valence-corrected chi connectivity index (χ0v) is 6.36. The number of aliphatic carboxylic acids is 2. The average molecular weight is 171 g/mol. The molecule has 0 amide bonds. The van der Waals surface area contributed by atoms with Crippen molar-refractivity contribution in [3.8, 4) is 6.07 Å². The molecule has 0 aromatic rings. The van der Waals surface area contributed by atoms with Crippen molar-refractivity contribution in [3.05, 3.63) is 0 Å². The molecule has 0 aliphatic heterocycles. The molecule has 1 unspecified atom stereocenters. The Labute approximate surface area is 69.2 Å². The molecule has 0 saturated heterocycles. The zero-order chi connectivity index (χ0) is 9.56. The van der Waals surface area contributed by atoms with Crippen LogP contribution in [-0.2, 0) is 9.59 Å². The number of hydrogen-bond donors (Lipinski definition) is 2. The van der Waals surface area contributed by atoms with Crippen LogP contribution in [0.1, 0.15) is 19.3 Å². The van der Waals surface area contributed by atoms with E-state index in [-0.39, 0.29) is 12.8 Å². The second-order valence-corrected chi connectivity index (χ2v) is 2.33. The molecule has 0 heterocycles. The first kappa shape index (κ1) is 10.4. The van der Waals surface area contributed by atoms with Gasteiger partial charge in [-0.1, -0.05) is 0 Å². The first-order valence-electron chi connectivity index (χ1n) is 3.39. The third-order valence-corrected chi connectivity index (χ3v) is 1.37. The summed E-state index contributed by atoms with van der Waals surface area (Å²) in [6.07, 6.45) is -0.251. The van der Waals surface area contributed by atoms with Gasteiger partial charge in [0.15, 0.2) is 0 Å². The summed E-state index contributed by atoms with van der Waals surface area (Å²) >= 11 is 0. The summed E-state index contributed by atoms with van der Waals surface area (Å²) in [7, 11) is 0. The normalized spacial score (nSPS) is 11.6. The molecule has 0 fully saturated rings. The maximum absolute atomic E-state index is 10.4. The van der Waals surface area contributed by atoms with Crippen molar-refractivity contribution in [2.24, 2.45) is 5.92 Å². The lowest BCUT2D eigenvalue weighted by Gasteiger charge is -2.05. The number of rotatable bonds is 5. The van der Waals surface area contributed by atoms with Gasteiger partial charge in [-0.05, 0) is 6.42 Å². The predicted molar refractivity (Wildman–Crippen MR) is 38.2 cm³/mol. The molecule has 0 aromatic carbocycles. The summed E-state index contributed by atoms with van der Waals surface area (Å²) < 4.78 is 0. The van der Waals surface area contributed by atoms with Crippen LogP contribution in [0, 0.1) is 17.2 Å². The molecule has 0 aliphatic carbocycles. The van der Waals surface area contributed by atoms with Gasteiger partial charge in [0.25, 0.3) is 0 Å². The molecule has 0 aromatic heterocycles. The smallest absolute Gasteiger partial charge is 0.307 e. The number of nitrogens with zero attached hydrogens (tertiary/aromatic N) is 1. The largest absolute Gasteiger partial charge is 0.481 e. The van der Waals surface area contributed by atoms with E-state index >= 15 is 0 Å². The van der Waals surface area contributed by atoms with Gasteiger partial charge in [0.1, 0.15) is 0 Å². The number of carboxylic acid groups (broad SMARTS) is 2. The van der Waals surface area contributed by atoms with Crippen LogP contribution in [0.15, 0.2) is 0 Å². The van der Waals surface area contributed by atoms with Crippen LogP contribution in [0.2, 0.25) is 0 Å². The van der Waals surface area contributed by atoms with Crippen LogP contribution in [0.5, 0.6) is 0 Å². The van der Waals surface area contributed by atoms with Gasteiger partial charge in [-0.15, -0.1) is 0 Å². The highest BCUT2D eigenvalue weighted by Gasteiger charge is 2.19. The van der Waals surface area contributed by atoms with E-state index in [9.17, 15) is 9.59 Å². The molecule has 12 heavy (non-hydrogen) atoms. The van der Waals surface area contributed by atoms with Gasteiger partial charge in [-0.3, -0.25) is 9.59 Å². The fourth-order valence-corrected chi connectivity index (χ4v) is 0.762. The summed E-state index contributed by atoms with van der Waals surface area (Å²) in [6.45, 7) is 0. The van der Waals surface area contributed by atoms with E-state index in [4.69, 9.17) is 15.5 Å². The van der Waals surface area contributed by atoms with E-state index < -0.39 is 24.3 Å². The van der Waals surface area contributed by atoms with Crippen LogP contribution >= 0.6 is 0 Å². The fourth-order valence-electron chi connectivity index (χ4n) is 0.762. The van der Waals surface area contributed by atoms with Crippen molar-refractivity contribution in [1.29, 1.82) is 5.26 Å². The predicted octanol–water partition coefficient (Wildman–Crippen LogP) is 0.466. The van der Waals surface area contributed by atoms with Gasteiger partial charge >= 0.3 is 11.9 Å². The van der Waals surface area contributed by atoms with E-state index in [1.165, 1.54) is 0 Å². The quantitative estimate of drug-likeness (QED) is 0.626. The summed E-state index contributed by atoms with van der Waals surface area (Å²) in [4.78, 5) is 20.5. The number of carboxylic acids is 2. The first-order chi connectivity index (χ1) is 5.57. The molecule has 0 saturated carbocycles. The van der Waals surface area contributed by atoms with Crippen molar-refractivity contribution >= 4 is 11.9 Å². The molecule has 0 radical (unpaired) electrons. The first-order valence-corrected chi connectivity index (χ1v) is 3.39. The molecular formula is C7H9NO4. The lowest BCUT2D eigenvalue weighted by molar-refractivity contribution is -0.148. The van der Waals surface area contributed by atoms with Gasteiger partial charge < -0.3 is 10.2 Å². The highest BCUT2D eigenvalue weighted by molar-refractivity contribution is 5.77. The molecule has 0 rings (SSSR count). The Morgan fingerprint density at radius 3 is 2.33 bits per heavy atom. The summed E-state index contributed by atoms with van der Waals surface area (Å²) in [5, 5.41) is 24.9. The highest BCUT2D eigenvalue weighted by Crippen LogP contribution is 2.10. The van der Waals surface area contributed by atoms with E-state index in [2.05, 4.69) is 0 Å². The van der Waals surface area contributed by atoms with Gasteiger partial charge in [0.2, 0.25) is 0 Å². The Balaban J connectivity index is 3.97. The van der Waals surface area contributed by atoms with Crippen LogP contribution in [0.3, 0.4) is 0 Å². The summed E-state index contributed by atoms with van der Waals surface area (Å²) in [6, 6.07) is 1.77. The molecular weight excluding hydrogens is 162 g/mol. The molecule has 0 spiro atoms. The second-order valence-electron chi connectivity index (χ2n) is 2.33. The van der Waals surface area contributed by atoms with Crippen molar-refractivity contribution in [2.75, 3.05) is 0 Å². The highest BCUT2D eigenvalue weighted by atomic mass is 16.4. The topological polar surface area (TPSA) is 98.4 Å². The average Bonchev–Trinajstić information content (AvgIpc) is 1.96. The van der Waals surface area contributed by atoms with Crippen molar-refractivity contribution in [1.82, 2.24) is 0 Å². The van der Waals surface area contributed by atoms with Crippen molar-refractivity contribution in [2.45, 2.75) is 19.3 Å². The summed E-state index contributed by atoms with van der Waals surface area (Å²) in [5.74, 6) is -3.25. The minimum atomic E-state index is -1.16. The Morgan fingerprint density at radius 1 is 1.42 bits per heavy atom. The standard InChI is InChI=1S/C7H9NO4/c8-3-1-2-5(7(11)12)4-6(9)10/h5H,1-2,4H2,(H,9,10)(H,11,12). The third-order valence-electron chi connectivity index (χ3n) is 1.37. The lowest BCUT2D eigenvalue weighted by atomic mass is 10.0. The SMILES string of the molecule is N#CCCC(CC(=O)O)C(=O)O. The number of carbonyl (C=O) groups is 2. The molecule has 5 nitrogen and oxygen atoms in total. The minimum Gasteiger partial charge on any atom is -0.481 e. The Bertz CT molecular complexity index is 218. The number of nitriles is 1. The molecule has 1 atom stereocenters. The lowest BCUT2D eigenvalue weighted by Crippen LogP contribution is -2.17. The van der Waals surface area contributed by atoms with Gasteiger partial charge in [-0.25, -0.2) is 0 Å². The van der Waals surface area contributed by atoms with Crippen LogP contribution in [0.25, 0.3) is 0 Å². The molecule has 0 bridgehead atoms. The molecule has 0 aliphatic rings. The van der Waals surface area contributed by atoms with Gasteiger partial charge in [0.05, 0.1) is 18.4 Å². The van der Waals surface area contributed by atoms with Crippen molar-refractivity contribution in [3.63, 3.8) is 0 Å². The maximum atomic E-state index is 10.4. The molecule has 5 heteroatoms. The Hall–Kier alpha value is -1.57. The second kappa shape index (κ2) is 5.13. The maximum Gasteiger partial charge on any atom is 0.307 e. The van der Waals surface area contributed by atoms with E-state index in [1.807, 2.05) is 0 Å². The summed E-state index contributed by atoms with van der Waals surface area (Å²) in [5.41, 5.74) is 0. The fraction of sp³-hybridized carbons (Fsp3) is 0.571. The van der Waals surface area contributed by atoms with Crippen LogP contribution in [-0.4, -0.2) is 22.2 Å². The number of hydrogen-bond acceptors (Lipinski definition) is 3. The van der Waals surface area contributed by atoms with Gasteiger partial charge in [0, 0.05) is 6.42 Å². The monoisotopic (exact) mass is 171 g/mol.